The van der Waals surface area contributed by atoms with E-state index in [-0.39, 0.29) is 18.3 Å². The van der Waals surface area contributed by atoms with Gasteiger partial charge in [0.05, 0.1) is 30.8 Å². The van der Waals surface area contributed by atoms with E-state index >= 15 is 0 Å². The molecular formula is C15H17FN4O3. The lowest BCUT2D eigenvalue weighted by atomic mass is 10.2. The van der Waals surface area contributed by atoms with Crippen LogP contribution < -0.4 is 15.0 Å². The molecule has 1 amide bonds. The Balaban J connectivity index is 1.87. The SMILES string of the molecule is COCC(=O)Nc1cc(F)c2c(c1)N(Cc1c[nH]cn1)CCO2. The van der Waals surface area contributed by atoms with Gasteiger partial charge in [-0.25, -0.2) is 9.37 Å². The van der Waals surface area contributed by atoms with Crippen molar-refractivity contribution in [2.24, 2.45) is 0 Å². The molecule has 0 atom stereocenters. The molecule has 0 aliphatic carbocycles. The molecule has 2 heterocycles. The van der Waals surface area contributed by atoms with Gasteiger partial charge in [-0.15, -0.1) is 0 Å². The molecule has 3 rings (SSSR count). The minimum absolute atomic E-state index is 0.0911. The lowest BCUT2D eigenvalue weighted by Crippen LogP contribution is -2.33. The van der Waals surface area contributed by atoms with Crippen LogP contribution >= 0.6 is 0 Å². The van der Waals surface area contributed by atoms with Gasteiger partial charge in [-0.3, -0.25) is 4.79 Å². The van der Waals surface area contributed by atoms with Crippen molar-refractivity contribution < 1.29 is 18.7 Å². The number of aromatic nitrogens is 2. The van der Waals surface area contributed by atoms with Crippen LogP contribution in [0.4, 0.5) is 15.8 Å². The minimum Gasteiger partial charge on any atom is -0.486 e. The molecule has 2 aromatic rings. The Morgan fingerprint density at radius 2 is 2.43 bits per heavy atom. The third kappa shape index (κ3) is 3.42. The first-order valence-corrected chi connectivity index (χ1v) is 7.15. The fraction of sp³-hybridized carbons (Fsp3) is 0.333. The molecule has 8 heteroatoms. The summed E-state index contributed by atoms with van der Waals surface area (Å²) in [6.45, 7) is 1.43. The summed E-state index contributed by atoms with van der Waals surface area (Å²) in [6.07, 6.45) is 3.38. The van der Waals surface area contributed by atoms with Crippen LogP contribution in [-0.2, 0) is 16.1 Å². The number of hydrogen-bond donors (Lipinski definition) is 2. The fourth-order valence-corrected chi connectivity index (χ4v) is 2.47. The Kier molecular flexibility index (Phi) is 4.42. The summed E-state index contributed by atoms with van der Waals surface area (Å²) in [6, 6.07) is 2.93. The summed E-state index contributed by atoms with van der Waals surface area (Å²) in [4.78, 5) is 20.6. The maximum Gasteiger partial charge on any atom is 0.250 e. The topological polar surface area (TPSA) is 79.5 Å². The van der Waals surface area contributed by atoms with Crippen LogP contribution in [0.5, 0.6) is 5.75 Å². The van der Waals surface area contributed by atoms with Crippen LogP contribution in [-0.4, -0.2) is 42.7 Å². The largest absolute Gasteiger partial charge is 0.486 e. The number of aromatic amines is 1. The van der Waals surface area contributed by atoms with Crippen molar-refractivity contribution in [3.63, 3.8) is 0 Å². The summed E-state index contributed by atoms with van der Waals surface area (Å²) in [5.41, 5.74) is 1.79. The highest BCUT2D eigenvalue weighted by molar-refractivity contribution is 5.92. The van der Waals surface area contributed by atoms with Crippen LogP contribution in [0.1, 0.15) is 5.69 Å². The van der Waals surface area contributed by atoms with E-state index in [1.54, 1.807) is 18.6 Å². The lowest BCUT2D eigenvalue weighted by Gasteiger charge is -2.31. The number of imidazole rings is 1. The van der Waals surface area contributed by atoms with Crippen molar-refractivity contribution in [1.29, 1.82) is 0 Å². The van der Waals surface area contributed by atoms with Crippen molar-refractivity contribution in [1.82, 2.24) is 9.97 Å². The highest BCUT2D eigenvalue weighted by Gasteiger charge is 2.23. The molecule has 1 aliphatic rings. The molecular weight excluding hydrogens is 303 g/mol. The molecule has 122 valence electrons. The van der Waals surface area contributed by atoms with Crippen LogP contribution in [0.25, 0.3) is 0 Å². The molecule has 1 aromatic carbocycles. The Hall–Kier alpha value is -2.61. The highest BCUT2D eigenvalue weighted by atomic mass is 19.1. The number of nitrogens with one attached hydrogen (secondary N) is 2. The molecule has 0 saturated carbocycles. The number of amides is 1. The van der Waals surface area contributed by atoms with E-state index in [4.69, 9.17) is 9.47 Å². The number of carbonyl (C=O) groups excluding carboxylic acids is 1. The van der Waals surface area contributed by atoms with Crippen molar-refractivity contribution in [3.8, 4) is 5.75 Å². The van der Waals surface area contributed by atoms with E-state index in [2.05, 4.69) is 15.3 Å². The number of benzene rings is 1. The van der Waals surface area contributed by atoms with E-state index < -0.39 is 5.82 Å². The van der Waals surface area contributed by atoms with Crippen LogP contribution in [0.15, 0.2) is 24.7 Å². The van der Waals surface area contributed by atoms with Gasteiger partial charge in [0.15, 0.2) is 11.6 Å². The zero-order chi connectivity index (χ0) is 16.2. The first-order chi connectivity index (χ1) is 11.2. The van der Waals surface area contributed by atoms with Crippen LogP contribution in [0, 0.1) is 5.82 Å². The summed E-state index contributed by atoms with van der Waals surface area (Å²) in [5, 5.41) is 2.61. The number of nitrogens with zero attached hydrogens (tertiary/aromatic N) is 2. The monoisotopic (exact) mass is 320 g/mol. The molecule has 1 aromatic heterocycles. The average molecular weight is 320 g/mol. The average Bonchev–Trinajstić information content (AvgIpc) is 3.01. The quantitative estimate of drug-likeness (QED) is 0.873. The number of ether oxygens (including phenoxy) is 2. The molecule has 7 nitrogen and oxygen atoms in total. The van der Waals surface area contributed by atoms with Gasteiger partial charge >= 0.3 is 0 Å². The highest BCUT2D eigenvalue weighted by Crippen LogP contribution is 2.37. The van der Waals surface area contributed by atoms with Gasteiger partial charge in [-0.1, -0.05) is 0 Å². The Morgan fingerprint density at radius 1 is 1.57 bits per heavy atom. The third-order valence-corrected chi connectivity index (χ3v) is 3.44. The number of H-pyrrole nitrogens is 1. The molecule has 23 heavy (non-hydrogen) atoms. The number of carbonyl (C=O) groups is 1. The Bertz CT molecular complexity index is 690. The second kappa shape index (κ2) is 6.66. The van der Waals surface area contributed by atoms with Gasteiger partial charge < -0.3 is 24.7 Å². The summed E-state index contributed by atoms with van der Waals surface area (Å²) >= 11 is 0. The van der Waals surface area contributed by atoms with Crippen LogP contribution in [0.3, 0.4) is 0 Å². The third-order valence-electron chi connectivity index (χ3n) is 3.44. The predicted molar refractivity (Wildman–Crippen MR) is 82.0 cm³/mol. The van der Waals surface area contributed by atoms with Crippen LogP contribution in [0.2, 0.25) is 0 Å². The van der Waals surface area contributed by atoms with E-state index in [0.717, 1.165) is 5.69 Å². The summed E-state index contributed by atoms with van der Waals surface area (Å²) < 4.78 is 24.5. The number of rotatable bonds is 5. The zero-order valence-electron chi connectivity index (χ0n) is 12.6. The normalized spacial score (nSPS) is 13.4. The molecule has 0 fully saturated rings. The first kappa shape index (κ1) is 15.3. The zero-order valence-corrected chi connectivity index (χ0v) is 12.6. The number of anilines is 2. The standard InChI is InChI=1S/C15H17FN4O3/c1-22-8-14(21)19-10-4-12(16)15-13(5-10)20(2-3-23-15)7-11-6-17-9-18-11/h4-6,9H,2-3,7-8H2,1H3,(H,17,18)(H,19,21). The minimum atomic E-state index is -0.512. The van der Waals surface area contributed by atoms with E-state index in [9.17, 15) is 9.18 Å². The van der Waals surface area contributed by atoms with E-state index in [1.807, 2.05) is 4.90 Å². The lowest BCUT2D eigenvalue weighted by molar-refractivity contribution is -0.119. The van der Waals surface area contributed by atoms with E-state index in [1.165, 1.54) is 13.2 Å². The first-order valence-electron chi connectivity index (χ1n) is 7.15. The van der Waals surface area contributed by atoms with E-state index in [0.29, 0.717) is 31.1 Å². The summed E-state index contributed by atoms with van der Waals surface area (Å²) in [5.74, 6) is -0.666. The fourth-order valence-electron chi connectivity index (χ4n) is 2.47. The smallest absolute Gasteiger partial charge is 0.250 e. The number of methoxy groups -OCH3 is 1. The molecule has 2 N–H and O–H groups in total. The van der Waals surface area contributed by atoms with Gasteiger partial charge in [0, 0.05) is 25.1 Å². The maximum absolute atomic E-state index is 14.3. The molecule has 1 aliphatic heterocycles. The molecule has 0 radical (unpaired) electrons. The van der Waals surface area contributed by atoms with Crippen molar-refractivity contribution in [2.45, 2.75) is 6.54 Å². The molecule has 0 unspecified atom stereocenters. The Morgan fingerprint density at radius 3 is 3.17 bits per heavy atom. The summed E-state index contributed by atoms with van der Waals surface area (Å²) in [7, 11) is 1.42. The van der Waals surface area contributed by atoms with Gasteiger partial charge in [-0.2, -0.15) is 0 Å². The number of hydrogen-bond acceptors (Lipinski definition) is 5. The van der Waals surface area contributed by atoms with Gasteiger partial charge in [-0.05, 0) is 6.07 Å². The second-order valence-electron chi connectivity index (χ2n) is 5.12. The molecule has 0 spiro atoms. The van der Waals surface area contributed by atoms with Gasteiger partial charge in [0.2, 0.25) is 5.91 Å². The van der Waals surface area contributed by atoms with Crippen molar-refractivity contribution in [2.75, 3.05) is 37.1 Å². The second-order valence-corrected chi connectivity index (χ2v) is 5.12. The molecule has 0 bridgehead atoms. The maximum atomic E-state index is 14.3. The predicted octanol–water partition coefficient (Wildman–Crippen LogP) is 1.53. The Labute approximate surface area is 132 Å². The number of halogens is 1. The van der Waals surface area contributed by atoms with Gasteiger partial charge in [0.25, 0.3) is 0 Å². The van der Waals surface area contributed by atoms with Crippen molar-refractivity contribution in [3.05, 3.63) is 36.2 Å². The number of fused-ring (bicyclic) bond motifs is 1. The van der Waals surface area contributed by atoms with Gasteiger partial charge in [0.1, 0.15) is 13.2 Å². The van der Waals surface area contributed by atoms with Crippen molar-refractivity contribution >= 4 is 17.3 Å². The molecule has 0 saturated heterocycles.